The number of aliphatic hydroxyl groups is 2. The first-order valence-electron chi connectivity index (χ1n) is 10.9. The molecular formula is C25H22F4N2O4. The van der Waals surface area contributed by atoms with E-state index in [1.807, 2.05) is 0 Å². The summed E-state index contributed by atoms with van der Waals surface area (Å²) in [6.07, 6.45) is -5.36. The van der Waals surface area contributed by atoms with E-state index in [1.54, 1.807) is 18.2 Å². The molecule has 2 atom stereocenters. The standard InChI is InChI=1S/C25H22F4N2O4/c26-17-4-2-16(3-5-17)23(33)24(34)31(11-9-15-1-8-22(30-14-15)25(27,28)29)18-6-7-21-19(13-18)20(32)10-12-35-21/h1-8,13-14,20,23,32-33H,9-12H2/t20-,23-/m0/s1. The van der Waals surface area contributed by atoms with Crippen LogP contribution in [-0.4, -0.2) is 34.3 Å². The number of carbonyl (C=O) groups is 1. The fourth-order valence-corrected chi connectivity index (χ4v) is 3.81. The zero-order valence-corrected chi connectivity index (χ0v) is 18.4. The molecule has 6 nitrogen and oxygen atoms in total. The second-order valence-corrected chi connectivity index (χ2v) is 8.12. The van der Waals surface area contributed by atoms with Gasteiger partial charge in [-0.15, -0.1) is 0 Å². The van der Waals surface area contributed by atoms with Crippen LogP contribution < -0.4 is 9.64 Å². The van der Waals surface area contributed by atoms with Crippen molar-refractivity contribution in [2.75, 3.05) is 18.1 Å². The summed E-state index contributed by atoms with van der Waals surface area (Å²) in [5, 5.41) is 21.1. The molecule has 0 saturated carbocycles. The molecule has 10 heteroatoms. The zero-order valence-electron chi connectivity index (χ0n) is 18.4. The molecular weight excluding hydrogens is 468 g/mol. The van der Waals surface area contributed by atoms with Gasteiger partial charge in [-0.05, 0) is 53.9 Å². The monoisotopic (exact) mass is 490 g/mol. The Hall–Kier alpha value is -3.50. The molecule has 2 aromatic carbocycles. The molecule has 2 heterocycles. The summed E-state index contributed by atoms with van der Waals surface area (Å²) in [6, 6.07) is 11.8. The Morgan fingerprint density at radius 2 is 1.89 bits per heavy atom. The van der Waals surface area contributed by atoms with Crippen molar-refractivity contribution in [2.45, 2.75) is 31.2 Å². The number of rotatable bonds is 6. The van der Waals surface area contributed by atoms with Gasteiger partial charge in [0.05, 0.1) is 12.7 Å². The Bertz CT molecular complexity index is 1180. The third-order valence-corrected chi connectivity index (χ3v) is 5.74. The molecule has 1 aliphatic heterocycles. The molecule has 0 spiro atoms. The first kappa shape index (κ1) is 24.6. The van der Waals surface area contributed by atoms with E-state index >= 15 is 0 Å². The van der Waals surface area contributed by atoms with E-state index in [0.717, 1.165) is 24.4 Å². The summed E-state index contributed by atoms with van der Waals surface area (Å²) in [4.78, 5) is 18.0. The predicted octanol–water partition coefficient (Wildman–Crippen LogP) is 4.36. The summed E-state index contributed by atoms with van der Waals surface area (Å²) in [7, 11) is 0. The van der Waals surface area contributed by atoms with Crippen molar-refractivity contribution in [1.82, 2.24) is 4.98 Å². The Balaban J connectivity index is 1.62. The smallest absolute Gasteiger partial charge is 0.433 e. The van der Waals surface area contributed by atoms with Gasteiger partial charge in [-0.25, -0.2) is 4.39 Å². The number of alkyl halides is 3. The van der Waals surface area contributed by atoms with Crippen LogP contribution in [0.3, 0.4) is 0 Å². The van der Waals surface area contributed by atoms with Gasteiger partial charge in [0.25, 0.3) is 5.91 Å². The highest BCUT2D eigenvalue weighted by atomic mass is 19.4. The average molecular weight is 490 g/mol. The van der Waals surface area contributed by atoms with Crippen LogP contribution in [0.25, 0.3) is 0 Å². The van der Waals surface area contributed by atoms with Crippen molar-refractivity contribution in [1.29, 1.82) is 0 Å². The van der Waals surface area contributed by atoms with Gasteiger partial charge in [-0.1, -0.05) is 18.2 Å². The Morgan fingerprint density at radius 1 is 1.14 bits per heavy atom. The van der Waals surface area contributed by atoms with Crippen molar-refractivity contribution < 1.29 is 37.3 Å². The molecule has 0 aliphatic carbocycles. The van der Waals surface area contributed by atoms with E-state index < -0.39 is 35.8 Å². The Morgan fingerprint density at radius 3 is 2.54 bits per heavy atom. The molecule has 184 valence electrons. The van der Waals surface area contributed by atoms with Crippen LogP contribution in [0.15, 0.2) is 60.8 Å². The van der Waals surface area contributed by atoms with Gasteiger partial charge in [0.15, 0.2) is 6.10 Å². The minimum absolute atomic E-state index is 0.000127. The molecule has 1 aliphatic rings. The van der Waals surface area contributed by atoms with Crippen LogP contribution in [0.4, 0.5) is 23.2 Å². The highest BCUT2D eigenvalue weighted by molar-refractivity contribution is 5.97. The highest BCUT2D eigenvalue weighted by Crippen LogP contribution is 2.36. The van der Waals surface area contributed by atoms with Crippen molar-refractivity contribution in [3.05, 3.63) is 89.0 Å². The molecule has 0 radical (unpaired) electrons. The fourth-order valence-electron chi connectivity index (χ4n) is 3.81. The van der Waals surface area contributed by atoms with Crippen LogP contribution in [0.5, 0.6) is 5.75 Å². The molecule has 3 aromatic rings. The first-order valence-corrected chi connectivity index (χ1v) is 10.9. The molecule has 0 unspecified atom stereocenters. The van der Waals surface area contributed by atoms with Gasteiger partial charge in [0.2, 0.25) is 0 Å². The lowest BCUT2D eigenvalue weighted by Gasteiger charge is -2.28. The van der Waals surface area contributed by atoms with Crippen LogP contribution in [0.1, 0.15) is 41.0 Å². The maximum Gasteiger partial charge on any atom is 0.433 e. The molecule has 4 rings (SSSR count). The number of ether oxygens (including phenoxy) is 1. The average Bonchev–Trinajstić information content (AvgIpc) is 2.84. The molecule has 0 bridgehead atoms. The minimum atomic E-state index is -4.56. The number of anilines is 1. The number of halogens is 4. The van der Waals surface area contributed by atoms with E-state index in [9.17, 15) is 32.6 Å². The molecule has 0 saturated heterocycles. The maximum absolute atomic E-state index is 13.3. The third-order valence-electron chi connectivity index (χ3n) is 5.74. The number of nitrogens with zero attached hydrogens (tertiary/aromatic N) is 2. The Labute approximate surface area is 198 Å². The van der Waals surface area contributed by atoms with Crippen molar-refractivity contribution in [3.8, 4) is 5.75 Å². The number of fused-ring (bicyclic) bond motifs is 1. The summed E-state index contributed by atoms with van der Waals surface area (Å²) in [5.74, 6) is -0.766. The largest absolute Gasteiger partial charge is 0.493 e. The number of amides is 1. The summed E-state index contributed by atoms with van der Waals surface area (Å²) < 4.78 is 57.3. The molecule has 1 aromatic heterocycles. The predicted molar refractivity (Wildman–Crippen MR) is 118 cm³/mol. The van der Waals surface area contributed by atoms with Crippen LogP contribution >= 0.6 is 0 Å². The zero-order chi connectivity index (χ0) is 25.2. The molecule has 0 fully saturated rings. The number of aromatic nitrogens is 1. The van der Waals surface area contributed by atoms with Gasteiger partial charge in [-0.3, -0.25) is 9.78 Å². The molecule has 35 heavy (non-hydrogen) atoms. The highest BCUT2D eigenvalue weighted by Gasteiger charge is 2.32. The van der Waals surface area contributed by atoms with E-state index in [2.05, 4.69) is 4.98 Å². The lowest BCUT2D eigenvalue weighted by atomic mass is 10.0. The lowest BCUT2D eigenvalue weighted by molar-refractivity contribution is -0.141. The van der Waals surface area contributed by atoms with Gasteiger partial charge in [-0.2, -0.15) is 13.2 Å². The summed E-state index contributed by atoms with van der Waals surface area (Å²) >= 11 is 0. The second-order valence-electron chi connectivity index (χ2n) is 8.12. The maximum atomic E-state index is 13.3. The van der Waals surface area contributed by atoms with Crippen LogP contribution in [0, 0.1) is 5.82 Å². The van der Waals surface area contributed by atoms with Crippen molar-refractivity contribution >= 4 is 11.6 Å². The number of hydrogen-bond acceptors (Lipinski definition) is 5. The number of pyridine rings is 1. The van der Waals surface area contributed by atoms with E-state index in [1.165, 1.54) is 23.1 Å². The van der Waals surface area contributed by atoms with Gasteiger partial charge < -0.3 is 19.8 Å². The minimum Gasteiger partial charge on any atom is -0.493 e. The van der Waals surface area contributed by atoms with Gasteiger partial charge >= 0.3 is 6.18 Å². The fraction of sp³-hybridized carbons (Fsp3) is 0.280. The number of aliphatic hydroxyl groups excluding tert-OH is 2. The van der Waals surface area contributed by atoms with Crippen molar-refractivity contribution in [2.24, 2.45) is 0 Å². The SMILES string of the molecule is O=C([C@@H](O)c1ccc(F)cc1)N(CCc1ccc(C(F)(F)F)nc1)c1ccc2c(c1)[C@@H](O)CCO2. The van der Waals surface area contributed by atoms with E-state index in [0.29, 0.717) is 35.6 Å². The number of benzene rings is 2. The summed E-state index contributed by atoms with van der Waals surface area (Å²) in [6.45, 7) is 0.347. The van der Waals surface area contributed by atoms with Crippen LogP contribution in [0.2, 0.25) is 0 Å². The third kappa shape index (κ3) is 5.60. The Kier molecular flexibility index (Phi) is 7.04. The van der Waals surface area contributed by atoms with Gasteiger partial charge in [0, 0.05) is 30.4 Å². The van der Waals surface area contributed by atoms with Gasteiger partial charge in [0.1, 0.15) is 17.3 Å². The second kappa shape index (κ2) is 10.0. The number of carbonyl (C=O) groups excluding carboxylic acids is 1. The molecule has 1 amide bonds. The quantitative estimate of drug-likeness (QED) is 0.502. The number of hydrogen-bond donors (Lipinski definition) is 2. The summed E-state index contributed by atoms with van der Waals surface area (Å²) in [5.41, 5.74) is 0.454. The van der Waals surface area contributed by atoms with Crippen LogP contribution in [-0.2, 0) is 17.4 Å². The topological polar surface area (TPSA) is 82.9 Å². The first-order chi connectivity index (χ1) is 16.6. The molecule has 2 N–H and O–H groups in total. The van der Waals surface area contributed by atoms with E-state index in [-0.39, 0.29) is 18.5 Å². The normalized spacial score (nSPS) is 16.2. The van der Waals surface area contributed by atoms with Crippen molar-refractivity contribution in [3.63, 3.8) is 0 Å². The van der Waals surface area contributed by atoms with E-state index in [4.69, 9.17) is 4.74 Å². The lowest BCUT2D eigenvalue weighted by Crippen LogP contribution is -2.37.